The Morgan fingerprint density at radius 1 is 1.30 bits per heavy atom. The minimum atomic E-state index is -4.45. The molecule has 1 N–H and O–H groups in total. The number of ether oxygens (including phenoxy) is 2. The number of hydrogen-bond acceptors (Lipinski definition) is 4. The molecule has 0 aliphatic carbocycles. The second-order valence-electron chi connectivity index (χ2n) is 5.26. The number of fused-ring (bicyclic) bond motifs is 1. The molecule has 1 unspecified atom stereocenters. The van der Waals surface area contributed by atoms with Crippen molar-refractivity contribution in [1.82, 2.24) is 10.2 Å². The molecule has 0 bridgehead atoms. The van der Waals surface area contributed by atoms with E-state index in [-0.39, 0.29) is 25.3 Å². The molecule has 0 aromatic heterocycles. The monoisotopic (exact) mass is 330 g/mol. The Bertz CT molecular complexity index is 647. The number of rotatable bonds is 3. The molecule has 0 radical (unpaired) electrons. The van der Waals surface area contributed by atoms with Gasteiger partial charge in [-0.1, -0.05) is 0 Å². The van der Waals surface area contributed by atoms with Gasteiger partial charge in [0.15, 0.2) is 11.5 Å². The minimum Gasteiger partial charge on any atom is -0.454 e. The van der Waals surface area contributed by atoms with Gasteiger partial charge in [0.1, 0.15) is 12.6 Å². The molecule has 3 rings (SSSR count). The highest BCUT2D eigenvalue weighted by molar-refractivity contribution is 5.98. The zero-order valence-electron chi connectivity index (χ0n) is 11.9. The zero-order valence-corrected chi connectivity index (χ0v) is 11.9. The van der Waals surface area contributed by atoms with Gasteiger partial charge in [-0.15, -0.1) is 0 Å². The van der Waals surface area contributed by atoms with Crippen LogP contribution in [0.5, 0.6) is 11.5 Å². The summed E-state index contributed by atoms with van der Waals surface area (Å²) in [5.74, 6) is -0.351. The van der Waals surface area contributed by atoms with Gasteiger partial charge in [-0.3, -0.25) is 9.59 Å². The number of carbonyl (C=O) groups excluding carboxylic acids is 2. The average Bonchev–Trinajstić information content (AvgIpc) is 3.06. The van der Waals surface area contributed by atoms with Crippen LogP contribution in [-0.2, 0) is 4.79 Å². The van der Waals surface area contributed by atoms with E-state index in [1.54, 1.807) is 6.07 Å². The molecular weight excluding hydrogens is 317 g/mol. The van der Waals surface area contributed by atoms with E-state index in [9.17, 15) is 22.8 Å². The lowest BCUT2D eigenvalue weighted by atomic mass is 10.1. The molecule has 2 aliphatic rings. The van der Waals surface area contributed by atoms with Gasteiger partial charge in [0.05, 0.1) is 0 Å². The van der Waals surface area contributed by atoms with Crippen LogP contribution < -0.4 is 14.8 Å². The quantitative estimate of drug-likeness (QED) is 0.907. The lowest BCUT2D eigenvalue weighted by molar-refractivity contribution is -0.157. The molecule has 0 saturated carbocycles. The number of nitrogens with one attached hydrogen (secondary N) is 1. The second kappa shape index (κ2) is 5.64. The number of amides is 2. The van der Waals surface area contributed by atoms with E-state index in [0.29, 0.717) is 16.4 Å². The largest absolute Gasteiger partial charge is 0.454 e. The Hall–Kier alpha value is -2.45. The fourth-order valence-electron chi connectivity index (χ4n) is 2.53. The predicted molar refractivity (Wildman–Crippen MR) is 71.1 cm³/mol. The van der Waals surface area contributed by atoms with Crippen LogP contribution in [0, 0.1) is 0 Å². The van der Waals surface area contributed by atoms with Gasteiger partial charge < -0.3 is 19.7 Å². The summed E-state index contributed by atoms with van der Waals surface area (Å²) in [6.45, 7) is -1.28. The number of alkyl halides is 3. The van der Waals surface area contributed by atoms with Crippen molar-refractivity contribution >= 4 is 11.8 Å². The van der Waals surface area contributed by atoms with Gasteiger partial charge in [-0.2, -0.15) is 13.2 Å². The van der Waals surface area contributed by atoms with Crippen molar-refractivity contribution < 1.29 is 32.2 Å². The SMILES string of the molecule is O=C(NC1CCN(CC(F)(F)F)C1=O)c1ccc2c(c1)OCO2. The van der Waals surface area contributed by atoms with E-state index in [4.69, 9.17) is 9.47 Å². The average molecular weight is 330 g/mol. The first kappa shape index (κ1) is 15.4. The first-order valence-corrected chi connectivity index (χ1v) is 6.89. The normalized spacial score (nSPS) is 20.0. The summed E-state index contributed by atoms with van der Waals surface area (Å²) in [5.41, 5.74) is 0.247. The fourth-order valence-corrected chi connectivity index (χ4v) is 2.53. The van der Waals surface area contributed by atoms with Crippen LogP contribution in [0.25, 0.3) is 0 Å². The standard InChI is InChI=1S/C14H13F3N2O4/c15-14(16,17)6-19-4-3-9(13(19)21)18-12(20)8-1-2-10-11(5-8)23-7-22-10/h1-2,5,9H,3-4,6-7H2,(H,18,20). The van der Waals surface area contributed by atoms with Crippen LogP contribution >= 0.6 is 0 Å². The number of carbonyl (C=O) groups is 2. The third-order valence-electron chi connectivity index (χ3n) is 3.61. The van der Waals surface area contributed by atoms with Gasteiger partial charge in [-0.05, 0) is 24.6 Å². The molecule has 2 heterocycles. The van der Waals surface area contributed by atoms with Gasteiger partial charge in [0, 0.05) is 12.1 Å². The predicted octanol–water partition coefficient (Wildman–Crippen LogP) is 1.31. The van der Waals surface area contributed by atoms with E-state index in [1.165, 1.54) is 12.1 Å². The van der Waals surface area contributed by atoms with Crippen LogP contribution in [0.4, 0.5) is 13.2 Å². The highest BCUT2D eigenvalue weighted by Crippen LogP contribution is 2.32. The zero-order chi connectivity index (χ0) is 16.6. The van der Waals surface area contributed by atoms with Crippen molar-refractivity contribution in [2.75, 3.05) is 19.9 Å². The van der Waals surface area contributed by atoms with E-state index in [2.05, 4.69) is 5.32 Å². The first-order valence-electron chi connectivity index (χ1n) is 6.89. The van der Waals surface area contributed by atoms with Crippen LogP contribution in [0.1, 0.15) is 16.8 Å². The Morgan fingerprint density at radius 2 is 2.04 bits per heavy atom. The van der Waals surface area contributed by atoms with Crippen molar-refractivity contribution in [3.63, 3.8) is 0 Å². The van der Waals surface area contributed by atoms with Crippen LogP contribution in [0.15, 0.2) is 18.2 Å². The number of nitrogens with zero attached hydrogens (tertiary/aromatic N) is 1. The molecular formula is C14H13F3N2O4. The summed E-state index contributed by atoms with van der Waals surface area (Å²) in [5, 5.41) is 2.46. The van der Waals surface area contributed by atoms with E-state index < -0.39 is 30.6 Å². The summed E-state index contributed by atoms with van der Waals surface area (Å²) < 4.78 is 47.3. The molecule has 0 spiro atoms. The molecule has 1 aromatic rings. The maximum atomic E-state index is 12.4. The van der Waals surface area contributed by atoms with Crippen molar-refractivity contribution in [2.45, 2.75) is 18.6 Å². The highest BCUT2D eigenvalue weighted by atomic mass is 19.4. The third-order valence-corrected chi connectivity index (χ3v) is 3.61. The van der Waals surface area contributed by atoms with Gasteiger partial charge >= 0.3 is 6.18 Å². The maximum absolute atomic E-state index is 12.4. The maximum Gasteiger partial charge on any atom is 0.406 e. The van der Waals surface area contributed by atoms with Gasteiger partial charge in [0.2, 0.25) is 12.7 Å². The van der Waals surface area contributed by atoms with Crippen molar-refractivity contribution in [3.05, 3.63) is 23.8 Å². The van der Waals surface area contributed by atoms with E-state index >= 15 is 0 Å². The van der Waals surface area contributed by atoms with Crippen molar-refractivity contribution in [3.8, 4) is 11.5 Å². The Morgan fingerprint density at radius 3 is 2.78 bits per heavy atom. The molecule has 124 valence electrons. The van der Waals surface area contributed by atoms with E-state index in [0.717, 1.165) is 0 Å². The Kier molecular flexibility index (Phi) is 3.78. The van der Waals surface area contributed by atoms with Crippen molar-refractivity contribution in [1.29, 1.82) is 0 Å². The van der Waals surface area contributed by atoms with Crippen LogP contribution in [0.3, 0.4) is 0 Å². The highest BCUT2D eigenvalue weighted by Gasteiger charge is 2.39. The first-order chi connectivity index (χ1) is 10.8. The molecule has 6 nitrogen and oxygen atoms in total. The lowest BCUT2D eigenvalue weighted by Gasteiger charge is -2.18. The molecule has 23 heavy (non-hydrogen) atoms. The molecule has 1 fully saturated rings. The van der Waals surface area contributed by atoms with E-state index in [1.807, 2.05) is 0 Å². The Labute approximate surface area is 129 Å². The smallest absolute Gasteiger partial charge is 0.406 e. The van der Waals surface area contributed by atoms with Gasteiger partial charge in [0.25, 0.3) is 5.91 Å². The topological polar surface area (TPSA) is 67.9 Å². The summed E-state index contributed by atoms with van der Waals surface area (Å²) in [6, 6.07) is 3.57. The van der Waals surface area contributed by atoms with Crippen LogP contribution in [0.2, 0.25) is 0 Å². The summed E-state index contributed by atoms with van der Waals surface area (Å²) in [6.07, 6.45) is -4.31. The van der Waals surface area contributed by atoms with Gasteiger partial charge in [-0.25, -0.2) is 0 Å². The second-order valence-corrected chi connectivity index (χ2v) is 5.26. The summed E-state index contributed by atoms with van der Waals surface area (Å²) in [4.78, 5) is 24.7. The lowest BCUT2D eigenvalue weighted by Crippen LogP contribution is -2.43. The molecule has 1 atom stereocenters. The summed E-state index contributed by atoms with van der Waals surface area (Å²) in [7, 11) is 0. The number of hydrogen-bond donors (Lipinski definition) is 1. The van der Waals surface area contributed by atoms with Crippen LogP contribution in [-0.4, -0.2) is 48.8 Å². The molecule has 1 aromatic carbocycles. The molecule has 9 heteroatoms. The molecule has 1 saturated heterocycles. The number of likely N-dealkylation sites (tertiary alicyclic amines) is 1. The minimum absolute atomic E-state index is 0.0373. The summed E-state index contributed by atoms with van der Waals surface area (Å²) >= 11 is 0. The molecule has 2 aliphatic heterocycles. The number of halogens is 3. The Balaban J connectivity index is 1.63. The third kappa shape index (κ3) is 3.33. The molecule has 2 amide bonds. The number of benzene rings is 1. The van der Waals surface area contributed by atoms with Crippen molar-refractivity contribution in [2.24, 2.45) is 0 Å². The fraction of sp³-hybridized carbons (Fsp3) is 0.429.